The van der Waals surface area contributed by atoms with Gasteiger partial charge in [-0.05, 0) is 60.4 Å². The first-order valence-corrected chi connectivity index (χ1v) is 12.9. The number of anilines is 1. The number of nitrogens with zero attached hydrogens (tertiary/aromatic N) is 4. The lowest BCUT2D eigenvalue weighted by Crippen LogP contribution is -2.41. The molecule has 1 atom stereocenters. The van der Waals surface area contributed by atoms with Crippen molar-refractivity contribution in [3.05, 3.63) is 59.2 Å². The second-order valence-electron chi connectivity index (χ2n) is 8.81. The van der Waals surface area contributed by atoms with Gasteiger partial charge in [-0.2, -0.15) is 5.26 Å². The van der Waals surface area contributed by atoms with E-state index in [0.29, 0.717) is 35.4 Å². The van der Waals surface area contributed by atoms with E-state index in [0.717, 1.165) is 29.6 Å². The lowest BCUT2D eigenvalue weighted by Gasteiger charge is -2.30. The summed E-state index contributed by atoms with van der Waals surface area (Å²) < 4.78 is 34.0. The highest BCUT2D eigenvalue weighted by Gasteiger charge is 2.40. The first kappa shape index (κ1) is 23.1. The Morgan fingerprint density at radius 1 is 1.17 bits per heavy atom. The van der Waals surface area contributed by atoms with Crippen molar-refractivity contribution >= 4 is 33.5 Å². The second-order valence-corrected chi connectivity index (χ2v) is 10.5. The number of rotatable bonds is 6. The average molecular weight is 491 g/mol. The summed E-state index contributed by atoms with van der Waals surface area (Å²) in [5, 5.41) is 8.96. The van der Waals surface area contributed by atoms with E-state index in [1.54, 1.807) is 6.07 Å². The number of hydrogen-bond donors (Lipinski definition) is 2. The van der Waals surface area contributed by atoms with Gasteiger partial charge in [0.15, 0.2) is 0 Å². The highest BCUT2D eigenvalue weighted by molar-refractivity contribution is 7.92. The Bertz CT molecular complexity index is 1380. The number of amidine groups is 1. The van der Waals surface area contributed by atoms with Crippen molar-refractivity contribution in [1.82, 2.24) is 4.90 Å². The Hall–Kier alpha value is -3.68. The van der Waals surface area contributed by atoms with Crippen LogP contribution in [0.1, 0.15) is 36.8 Å². The molecule has 1 unspecified atom stereocenters. The summed E-state index contributed by atoms with van der Waals surface area (Å²) in [6, 6.07) is 13.5. The third kappa shape index (κ3) is 4.29. The molecule has 5 rings (SSSR count). The SMILES string of the molecule is COc1cc(C2=C3C(N)=NC=NC3N(C3CCCC3)C2)ccc1NS(=O)(=O)c1ccc(C#N)cc1. The van der Waals surface area contributed by atoms with Crippen LogP contribution in [0.2, 0.25) is 0 Å². The second kappa shape index (κ2) is 9.17. The van der Waals surface area contributed by atoms with Gasteiger partial charge >= 0.3 is 0 Å². The summed E-state index contributed by atoms with van der Waals surface area (Å²) in [6.07, 6.45) is 6.11. The van der Waals surface area contributed by atoms with Crippen molar-refractivity contribution in [1.29, 1.82) is 5.26 Å². The number of fused-ring (bicyclic) bond motifs is 1. The van der Waals surface area contributed by atoms with E-state index in [4.69, 9.17) is 15.7 Å². The molecule has 9 nitrogen and oxygen atoms in total. The molecule has 3 N–H and O–H groups in total. The zero-order valence-corrected chi connectivity index (χ0v) is 20.1. The van der Waals surface area contributed by atoms with Crippen LogP contribution in [0, 0.1) is 11.3 Å². The van der Waals surface area contributed by atoms with Gasteiger partial charge in [-0.15, -0.1) is 0 Å². The smallest absolute Gasteiger partial charge is 0.262 e. The van der Waals surface area contributed by atoms with E-state index in [1.165, 1.54) is 50.6 Å². The molecule has 0 bridgehead atoms. The standard InChI is InChI=1S/C25H26N6O3S/c1-34-22-12-17(8-11-21(22)30-35(32,33)19-9-6-16(13-26)7-10-19)20-14-31(18-4-2-3-5-18)25-23(20)24(27)28-15-29-25/h6-12,15,18,25,30H,2-5,14H2,1H3,(H2,27,28,29). The Kier molecular flexibility index (Phi) is 6.05. The van der Waals surface area contributed by atoms with Crippen LogP contribution in [0.15, 0.2) is 62.9 Å². The van der Waals surface area contributed by atoms with Crippen molar-refractivity contribution in [3.63, 3.8) is 0 Å². The number of sulfonamides is 1. The molecule has 35 heavy (non-hydrogen) atoms. The van der Waals surface area contributed by atoms with Crippen LogP contribution in [-0.4, -0.2) is 51.4 Å². The lowest BCUT2D eigenvalue weighted by molar-refractivity contribution is 0.199. The fourth-order valence-electron chi connectivity index (χ4n) is 5.04. The molecule has 1 fully saturated rings. The normalized spacial score (nSPS) is 20.5. The summed E-state index contributed by atoms with van der Waals surface area (Å²) in [6.45, 7) is 0.692. The van der Waals surface area contributed by atoms with Gasteiger partial charge in [0.25, 0.3) is 10.0 Å². The van der Waals surface area contributed by atoms with Gasteiger partial charge < -0.3 is 10.5 Å². The van der Waals surface area contributed by atoms with Gasteiger partial charge in [-0.3, -0.25) is 9.62 Å². The van der Waals surface area contributed by atoms with E-state index in [-0.39, 0.29) is 11.1 Å². The predicted molar refractivity (Wildman–Crippen MR) is 135 cm³/mol. The zero-order chi connectivity index (χ0) is 24.6. The van der Waals surface area contributed by atoms with Crippen LogP contribution in [-0.2, 0) is 10.0 Å². The largest absolute Gasteiger partial charge is 0.495 e. The van der Waals surface area contributed by atoms with Crippen molar-refractivity contribution in [3.8, 4) is 11.8 Å². The Labute approximate surface area is 204 Å². The number of nitriles is 1. The molecule has 0 saturated heterocycles. The van der Waals surface area contributed by atoms with Gasteiger partial charge in [0.2, 0.25) is 0 Å². The topological polar surface area (TPSA) is 133 Å². The van der Waals surface area contributed by atoms with Crippen LogP contribution in [0.5, 0.6) is 5.75 Å². The van der Waals surface area contributed by atoms with E-state index in [9.17, 15) is 8.42 Å². The third-order valence-electron chi connectivity index (χ3n) is 6.80. The molecule has 0 amide bonds. The number of hydrogen-bond acceptors (Lipinski definition) is 8. The van der Waals surface area contributed by atoms with Crippen LogP contribution < -0.4 is 15.2 Å². The predicted octanol–water partition coefficient (Wildman–Crippen LogP) is 3.10. The molecule has 2 heterocycles. The molecule has 3 aliphatic rings. The van der Waals surface area contributed by atoms with E-state index in [2.05, 4.69) is 19.6 Å². The monoisotopic (exact) mass is 490 g/mol. The Balaban J connectivity index is 1.47. The first-order chi connectivity index (χ1) is 16.9. The van der Waals surface area contributed by atoms with Gasteiger partial charge in [0, 0.05) is 18.2 Å². The maximum atomic E-state index is 12.9. The molecule has 2 aromatic carbocycles. The maximum absolute atomic E-state index is 12.9. The van der Waals surface area contributed by atoms with Gasteiger partial charge in [-0.25, -0.2) is 18.4 Å². The zero-order valence-electron chi connectivity index (χ0n) is 19.3. The van der Waals surface area contributed by atoms with Gasteiger partial charge in [0.1, 0.15) is 24.1 Å². The van der Waals surface area contributed by atoms with Crippen molar-refractivity contribution in [2.75, 3.05) is 18.4 Å². The molecular formula is C25H26N6O3S. The third-order valence-corrected chi connectivity index (χ3v) is 8.18. The molecule has 0 spiro atoms. The van der Waals surface area contributed by atoms with Crippen molar-refractivity contribution < 1.29 is 13.2 Å². The van der Waals surface area contributed by atoms with E-state index < -0.39 is 10.0 Å². The highest BCUT2D eigenvalue weighted by atomic mass is 32.2. The first-order valence-electron chi connectivity index (χ1n) is 11.5. The number of benzene rings is 2. The van der Waals surface area contributed by atoms with Crippen LogP contribution in [0.25, 0.3) is 5.57 Å². The number of nitrogens with two attached hydrogens (primary N) is 1. The summed E-state index contributed by atoms with van der Waals surface area (Å²) in [4.78, 5) is 11.3. The van der Waals surface area contributed by atoms with Crippen LogP contribution in [0.4, 0.5) is 5.69 Å². The van der Waals surface area contributed by atoms with Crippen LogP contribution >= 0.6 is 0 Å². The molecule has 0 aromatic heterocycles. The maximum Gasteiger partial charge on any atom is 0.262 e. The summed E-state index contributed by atoms with van der Waals surface area (Å²) >= 11 is 0. The molecular weight excluding hydrogens is 464 g/mol. The molecule has 0 radical (unpaired) electrons. The van der Waals surface area contributed by atoms with Gasteiger partial charge in [0.05, 0.1) is 29.3 Å². The average Bonchev–Trinajstić information content (AvgIpc) is 3.53. The number of aliphatic imine (C=N–C) groups is 2. The van der Waals surface area contributed by atoms with Crippen molar-refractivity contribution in [2.45, 2.75) is 42.8 Å². The lowest BCUT2D eigenvalue weighted by atomic mass is 9.99. The number of methoxy groups -OCH3 is 1. The molecule has 10 heteroatoms. The molecule has 1 saturated carbocycles. The summed E-state index contributed by atoms with van der Waals surface area (Å²) in [5.41, 5.74) is 9.84. The molecule has 2 aliphatic heterocycles. The number of ether oxygens (including phenoxy) is 1. The minimum atomic E-state index is -3.87. The van der Waals surface area contributed by atoms with Crippen molar-refractivity contribution in [2.24, 2.45) is 15.7 Å². The summed E-state index contributed by atoms with van der Waals surface area (Å²) in [7, 11) is -2.37. The number of nitrogens with one attached hydrogen (secondary N) is 1. The highest BCUT2D eigenvalue weighted by Crippen LogP contribution is 2.40. The van der Waals surface area contributed by atoms with Gasteiger partial charge in [-0.1, -0.05) is 18.9 Å². The molecule has 2 aromatic rings. The Morgan fingerprint density at radius 3 is 2.60 bits per heavy atom. The van der Waals surface area contributed by atoms with E-state index >= 15 is 0 Å². The molecule has 180 valence electrons. The minimum Gasteiger partial charge on any atom is -0.495 e. The minimum absolute atomic E-state index is 0.0578. The van der Waals surface area contributed by atoms with Crippen LogP contribution in [0.3, 0.4) is 0 Å². The summed E-state index contributed by atoms with van der Waals surface area (Å²) in [5.74, 6) is 0.851. The van der Waals surface area contributed by atoms with E-state index in [1.807, 2.05) is 18.2 Å². The fraction of sp³-hybridized carbons (Fsp3) is 0.320. The quantitative estimate of drug-likeness (QED) is 0.639. The fourth-order valence-corrected chi connectivity index (χ4v) is 6.11. The Morgan fingerprint density at radius 2 is 1.91 bits per heavy atom. The molecule has 1 aliphatic carbocycles.